The van der Waals surface area contributed by atoms with Crippen LogP contribution in [0.3, 0.4) is 0 Å². The molecular formula is C21H34NNaO3. The van der Waals surface area contributed by atoms with Crippen molar-refractivity contribution in [1.29, 1.82) is 0 Å². The fraction of sp³-hybridized carbons (Fsp3) is 0.619. The average Bonchev–Trinajstić information content (AvgIpc) is 2.62. The number of carbonyl (C=O) groups excluding carboxylic acids is 1. The van der Waals surface area contributed by atoms with Crippen LogP contribution in [0.15, 0.2) is 30.3 Å². The van der Waals surface area contributed by atoms with E-state index >= 15 is 0 Å². The van der Waals surface area contributed by atoms with E-state index in [2.05, 4.69) is 6.92 Å². The zero-order valence-electron chi connectivity index (χ0n) is 16.6. The maximum absolute atomic E-state index is 10.4. The SMILES string of the molecule is CCCCCCCCCCC[C-]=O.NC(Cc1ccccc1)C(=O)O.[Na+]. The van der Waals surface area contributed by atoms with E-state index in [1.165, 1.54) is 51.4 Å². The summed E-state index contributed by atoms with van der Waals surface area (Å²) in [4.78, 5) is 20.3. The van der Waals surface area contributed by atoms with E-state index in [1.54, 1.807) is 0 Å². The number of benzene rings is 1. The second kappa shape index (κ2) is 20.6. The van der Waals surface area contributed by atoms with Crippen LogP contribution in [0.1, 0.15) is 76.7 Å². The third-order valence-corrected chi connectivity index (χ3v) is 4.00. The fourth-order valence-corrected chi connectivity index (χ4v) is 2.46. The minimum Gasteiger partial charge on any atom is -0.542 e. The summed E-state index contributed by atoms with van der Waals surface area (Å²) < 4.78 is 0. The Morgan fingerprint density at radius 3 is 1.96 bits per heavy atom. The van der Waals surface area contributed by atoms with E-state index in [0.29, 0.717) is 12.8 Å². The Kier molecular flexibility index (Phi) is 21.9. The Morgan fingerprint density at radius 2 is 1.50 bits per heavy atom. The van der Waals surface area contributed by atoms with Gasteiger partial charge in [0.1, 0.15) is 6.04 Å². The first kappa shape index (κ1) is 27.5. The van der Waals surface area contributed by atoms with Gasteiger partial charge < -0.3 is 15.6 Å². The molecule has 0 amide bonds. The summed E-state index contributed by atoms with van der Waals surface area (Å²) >= 11 is 0. The van der Waals surface area contributed by atoms with Crippen molar-refractivity contribution in [3.8, 4) is 0 Å². The van der Waals surface area contributed by atoms with Gasteiger partial charge in [-0.3, -0.25) is 11.1 Å². The van der Waals surface area contributed by atoms with Crippen molar-refractivity contribution in [2.45, 2.75) is 83.6 Å². The molecule has 0 aliphatic heterocycles. The Hall–Kier alpha value is -0.680. The largest absolute Gasteiger partial charge is 1.00 e. The summed E-state index contributed by atoms with van der Waals surface area (Å²) in [5.41, 5.74) is 6.30. The van der Waals surface area contributed by atoms with Crippen molar-refractivity contribution in [2.75, 3.05) is 0 Å². The molecule has 5 heteroatoms. The molecule has 0 saturated heterocycles. The number of unbranched alkanes of at least 4 members (excludes halogenated alkanes) is 9. The standard InChI is InChI=1S/C12H23O.C9H11NO2.Na/c1-2-3-4-5-6-7-8-9-10-11-12-13;10-8(9(11)12)6-7-4-2-1-3-5-7;/h2-11H2,1H3;1-5,8H,6,10H2,(H,11,12);/q-1;;+1. The maximum atomic E-state index is 10.4. The summed E-state index contributed by atoms with van der Waals surface area (Å²) in [7, 11) is 0. The number of carboxylic acid groups (broad SMARTS) is 1. The summed E-state index contributed by atoms with van der Waals surface area (Å²) in [5.74, 6) is -0.959. The minimum absolute atomic E-state index is 0. The van der Waals surface area contributed by atoms with Gasteiger partial charge in [0, 0.05) is 0 Å². The number of aliphatic carboxylic acids is 1. The predicted molar refractivity (Wildman–Crippen MR) is 103 cm³/mol. The molecule has 0 bridgehead atoms. The molecule has 0 aliphatic carbocycles. The third-order valence-electron chi connectivity index (χ3n) is 4.00. The molecule has 0 spiro atoms. The Balaban J connectivity index is 0. The summed E-state index contributed by atoms with van der Waals surface area (Å²) in [6, 6.07) is 8.54. The normalized spacial score (nSPS) is 10.8. The van der Waals surface area contributed by atoms with Gasteiger partial charge in [-0.1, -0.05) is 95.0 Å². The van der Waals surface area contributed by atoms with E-state index in [9.17, 15) is 9.59 Å². The molecule has 0 saturated carbocycles. The average molecular weight is 371 g/mol. The summed E-state index contributed by atoms with van der Waals surface area (Å²) in [5, 5.41) is 8.52. The number of carbonyl (C=O) groups is 1. The molecule has 1 atom stereocenters. The van der Waals surface area contributed by atoms with Crippen LogP contribution in [0.4, 0.5) is 0 Å². The Morgan fingerprint density at radius 1 is 1.00 bits per heavy atom. The summed E-state index contributed by atoms with van der Waals surface area (Å²) in [6.07, 6.45) is 14.8. The van der Waals surface area contributed by atoms with E-state index in [-0.39, 0.29) is 29.6 Å². The van der Waals surface area contributed by atoms with Crippen LogP contribution in [-0.2, 0) is 16.0 Å². The first-order chi connectivity index (χ1) is 12.1. The third kappa shape index (κ3) is 18.1. The van der Waals surface area contributed by atoms with Gasteiger partial charge in [-0.2, -0.15) is 6.42 Å². The molecule has 1 aromatic carbocycles. The molecule has 0 aliphatic rings. The first-order valence-electron chi connectivity index (χ1n) is 9.49. The molecule has 142 valence electrons. The van der Waals surface area contributed by atoms with Crippen LogP contribution in [0.25, 0.3) is 0 Å². The van der Waals surface area contributed by atoms with Gasteiger partial charge in [-0.25, -0.2) is 0 Å². The van der Waals surface area contributed by atoms with Gasteiger partial charge in [0.2, 0.25) is 0 Å². The van der Waals surface area contributed by atoms with Crippen molar-refractivity contribution in [3.05, 3.63) is 35.9 Å². The smallest absolute Gasteiger partial charge is 0.542 e. The van der Waals surface area contributed by atoms with Crippen molar-refractivity contribution in [2.24, 2.45) is 5.73 Å². The van der Waals surface area contributed by atoms with Crippen LogP contribution >= 0.6 is 0 Å². The Bertz CT molecular complexity index is 440. The molecular weight excluding hydrogens is 337 g/mol. The van der Waals surface area contributed by atoms with Gasteiger partial charge >= 0.3 is 35.5 Å². The topological polar surface area (TPSA) is 80.4 Å². The molecule has 4 nitrogen and oxygen atoms in total. The van der Waals surface area contributed by atoms with Crippen molar-refractivity contribution < 1.29 is 44.3 Å². The fourth-order valence-electron chi connectivity index (χ4n) is 2.46. The van der Waals surface area contributed by atoms with Crippen LogP contribution in [0.2, 0.25) is 0 Å². The predicted octanol–water partition coefficient (Wildman–Crippen LogP) is 1.66. The first-order valence-corrected chi connectivity index (χ1v) is 9.49. The van der Waals surface area contributed by atoms with Gasteiger partial charge in [0.15, 0.2) is 0 Å². The molecule has 0 heterocycles. The van der Waals surface area contributed by atoms with E-state index in [1.807, 2.05) is 36.6 Å². The number of hydrogen-bond acceptors (Lipinski definition) is 3. The number of nitrogens with two attached hydrogens (primary N) is 1. The molecule has 0 radical (unpaired) electrons. The van der Waals surface area contributed by atoms with Crippen LogP contribution in [0, 0.1) is 0 Å². The number of rotatable bonds is 13. The maximum Gasteiger partial charge on any atom is 1.00 e. The van der Waals surface area contributed by atoms with Crippen molar-refractivity contribution in [1.82, 2.24) is 0 Å². The van der Waals surface area contributed by atoms with Crippen molar-refractivity contribution in [3.63, 3.8) is 0 Å². The molecule has 26 heavy (non-hydrogen) atoms. The quantitative estimate of drug-likeness (QED) is 0.314. The minimum atomic E-state index is -0.959. The van der Waals surface area contributed by atoms with E-state index in [4.69, 9.17) is 10.8 Å². The van der Waals surface area contributed by atoms with Crippen LogP contribution in [-0.4, -0.2) is 23.4 Å². The second-order valence-electron chi connectivity index (χ2n) is 6.36. The van der Waals surface area contributed by atoms with Gasteiger partial charge in [0.05, 0.1) is 0 Å². The molecule has 0 fully saturated rings. The number of carboxylic acids is 1. The van der Waals surface area contributed by atoms with Crippen LogP contribution < -0.4 is 35.3 Å². The Labute approximate surface area is 181 Å². The number of hydrogen-bond donors (Lipinski definition) is 2. The molecule has 1 aromatic rings. The zero-order valence-corrected chi connectivity index (χ0v) is 18.6. The van der Waals surface area contributed by atoms with Gasteiger partial charge in [-0.05, 0) is 12.0 Å². The van der Waals surface area contributed by atoms with E-state index in [0.717, 1.165) is 12.0 Å². The second-order valence-corrected chi connectivity index (χ2v) is 6.36. The van der Waals surface area contributed by atoms with E-state index < -0.39 is 12.0 Å². The molecule has 0 aromatic heterocycles. The van der Waals surface area contributed by atoms with Crippen molar-refractivity contribution >= 4 is 12.3 Å². The monoisotopic (exact) mass is 371 g/mol. The van der Waals surface area contributed by atoms with Gasteiger partial charge in [-0.15, -0.1) is 0 Å². The summed E-state index contributed by atoms with van der Waals surface area (Å²) in [6.45, 7) is 2.25. The molecule has 1 rings (SSSR count). The molecule has 3 N–H and O–H groups in total. The van der Waals surface area contributed by atoms with Crippen LogP contribution in [0.5, 0.6) is 0 Å². The molecule has 1 unspecified atom stereocenters. The van der Waals surface area contributed by atoms with Gasteiger partial charge in [0.25, 0.3) is 0 Å². The zero-order chi connectivity index (χ0) is 18.8.